The molecule has 1 aromatic rings. The van der Waals surface area contributed by atoms with Gasteiger partial charge in [0.05, 0.1) is 12.2 Å². The van der Waals surface area contributed by atoms with Gasteiger partial charge in [-0.1, -0.05) is 19.0 Å². The Kier molecular flexibility index (Phi) is 6.51. The van der Waals surface area contributed by atoms with Crippen LogP contribution in [0.5, 0.6) is 0 Å². The summed E-state index contributed by atoms with van der Waals surface area (Å²) in [5.74, 6) is 1.14. The molecular weight excluding hydrogens is 372 g/mol. The molecule has 8 heteroatoms. The summed E-state index contributed by atoms with van der Waals surface area (Å²) in [6, 6.07) is 0. The number of carbonyl (C=O) groups excluding carboxylic acids is 2. The highest BCUT2D eigenvalue weighted by atomic mass is 16.6. The molecule has 0 saturated carbocycles. The van der Waals surface area contributed by atoms with E-state index in [0.29, 0.717) is 62.0 Å². The van der Waals surface area contributed by atoms with Gasteiger partial charge in [0.15, 0.2) is 0 Å². The van der Waals surface area contributed by atoms with Crippen molar-refractivity contribution in [3.63, 3.8) is 0 Å². The lowest BCUT2D eigenvalue weighted by Crippen LogP contribution is -2.49. The zero-order chi connectivity index (χ0) is 21.2. The minimum Gasteiger partial charge on any atom is -0.441 e. The number of likely N-dealkylation sites (tertiary alicyclic amines) is 1. The lowest BCUT2D eigenvalue weighted by atomic mass is 9.91. The molecule has 0 atom stereocenters. The van der Waals surface area contributed by atoms with Crippen molar-refractivity contribution in [1.82, 2.24) is 19.9 Å². The van der Waals surface area contributed by atoms with Crippen LogP contribution >= 0.6 is 0 Å². The molecule has 0 N–H and O–H groups in total. The summed E-state index contributed by atoms with van der Waals surface area (Å²) in [7, 11) is 2.12. The van der Waals surface area contributed by atoms with Crippen LogP contribution in [0.4, 0.5) is 4.79 Å². The van der Waals surface area contributed by atoms with Crippen LogP contribution in [0.3, 0.4) is 0 Å². The molecule has 2 fully saturated rings. The van der Waals surface area contributed by atoms with E-state index < -0.39 is 5.60 Å². The Morgan fingerprint density at radius 3 is 2.55 bits per heavy atom. The smallest absolute Gasteiger partial charge is 0.410 e. The molecule has 3 heterocycles. The summed E-state index contributed by atoms with van der Waals surface area (Å²) in [4.78, 5) is 31.1. The van der Waals surface area contributed by atoms with Crippen LogP contribution in [0.15, 0.2) is 4.52 Å². The fraction of sp³-hybridized carbons (Fsp3) is 0.762. The van der Waals surface area contributed by atoms with Gasteiger partial charge in [-0.15, -0.1) is 0 Å². The topological polar surface area (TPSA) is 79.1 Å². The van der Waals surface area contributed by atoms with E-state index in [9.17, 15) is 9.59 Å². The first kappa shape index (κ1) is 21.6. The fourth-order valence-electron chi connectivity index (χ4n) is 4.43. The van der Waals surface area contributed by atoms with Crippen molar-refractivity contribution in [2.24, 2.45) is 5.92 Å². The average molecular weight is 407 g/mol. The van der Waals surface area contributed by atoms with Crippen molar-refractivity contribution in [2.45, 2.75) is 52.6 Å². The summed E-state index contributed by atoms with van der Waals surface area (Å²) in [6.07, 6.45) is 2.04. The second kappa shape index (κ2) is 8.73. The molecule has 0 aliphatic carbocycles. The molecular formula is C21H34N4O4. The van der Waals surface area contributed by atoms with E-state index in [-0.39, 0.29) is 12.0 Å². The van der Waals surface area contributed by atoms with Crippen molar-refractivity contribution < 1.29 is 18.8 Å². The number of piperidine rings is 1. The molecule has 2 aliphatic heterocycles. The third-order valence-electron chi connectivity index (χ3n) is 5.89. The van der Waals surface area contributed by atoms with Gasteiger partial charge >= 0.3 is 6.09 Å². The Morgan fingerprint density at radius 2 is 1.97 bits per heavy atom. The fourth-order valence-corrected chi connectivity index (χ4v) is 4.43. The number of hydrogen-bond acceptors (Lipinski definition) is 6. The Hall–Kier alpha value is -2.09. The van der Waals surface area contributed by atoms with E-state index in [1.807, 2.05) is 9.80 Å². The molecule has 0 bridgehead atoms. The van der Waals surface area contributed by atoms with Crippen LogP contribution in [-0.4, -0.2) is 83.8 Å². The van der Waals surface area contributed by atoms with E-state index in [1.165, 1.54) is 0 Å². The first-order valence-corrected chi connectivity index (χ1v) is 10.6. The van der Waals surface area contributed by atoms with Crippen molar-refractivity contribution in [1.29, 1.82) is 0 Å². The van der Waals surface area contributed by atoms with Crippen molar-refractivity contribution in [2.75, 3.05) is 46.3 Å². The van der Waals surface area contributed by atoms with Gasteiger partial charge in [0.2, 0.25) is 0 Å². The van der Waals surface area contributed by atoms with Crippen LogP contribution in [0.2, 0.25) is 0 Å². The standard InChI is InChI=1S/C21H34N4O4/c1-15(2)13-23(5)9-6-10-25-14-21(28-20(25)27)7-11-24(12-8-21)19(26)18-16(3)22-29-17(18)4/h15H,6-14H2,1-5H3. The average Bonchev–Trinajstić information content (AvgIpc) is 3.13. The largest absolute Gasteiger partial charge is 0.441 e. The number of aromatic nitrogens is 1. The molecule has 2 aliphatic rings. The number of aryl methyl sites for hydroxylation is 2. The Labute approximate surface area is 173 Å². The van der Waals surface area contributed by atoms with Crippen molar-refractivity contribution in [3.8, 4) is 0 Å². The van der Waals surface area contributed by atoms with Crippen molar-refractivity contribution >= 4 is 12.0 Å². The van der Waals surface area contributed by atoms with E-state index in [2.05, 4.69) is 31.0 Å². The predicted octanol–water partition coefficient (Wildman–Crippen LogP) is 2.70. The first-order valence-electron chi connectivity index (χ1n) is 10.6. The Bertz CT molecular complexity index is 718. The van der Waals surface area contributed by atoms with Crippen molar-refractivity contribution in [3.05, 3.63) is 17.0 Å². The maximum atomic E-state index is 12.8. The van der Waals surface area contributed by atoms with Crippen LogP contribution in [0, 0.1) is 19.8 Å². The van der Waals surface area contributed by atoms with Gasteiger partial charge in [-0.2, -0.15) is 0 Å². The monoisotopic (exact) mass is 406 g/mol. The number of rotatable bonds is 7. The van der Waals surface area contributed by atoms with Gasteiger partial charge in [-0.05, 0) is 39.8 Å². The first-order chi connectivity index (χ1) is 13.7. The second-order valence-corrected chi connectivity index (χ2v) is 8.97. The number of nitrogens with zero attached hydrogens (tertiary/aromatic N) is 4. The Morgan fingerprint density at radius 1 is 1.28 bits per heavy atom. The molecule has 3 rings (SSSR count). The van der Waals surface area contributed by atoms with E-state index in [1.54, 1.807) is 13.8 Å². The summed E-state index contributed by atoms with van der Waals surface area (Å²) in [5, 5.41) is 3.88. The van der Waals surface area contributed by atoms with Gasteiger partial charge in [0.1, 0.15) is 16.9 Å². The molecule has 0 aromatic carbocycles. The SMILES string of the molecule is Cc1noc(C)c1C(=O)N1CCC2(CC1)CN(CCCN(C)CC(C)C)C(=O)O2. The van der Waals surface area contributed by atoms with E-state index in [4.69, 9.17) is 9.26 Å². The highest BCUT2D eigenvalue weighted by Crippen LogP contribution is 2.34. The van der Waals surface area contributed by atoms with E-state index >= 15 is 0 Å². The molecule has 8 nitrogen and oxygen atoms in total. The lowest BCUT2D eigenvalue weighted by Gasteiger charge is -2.37. The van der Waals surface area contributed by atoms with Gasteiger partial charge in [0, 0.05) is 39.0 Å². The highest BCUT2D eigenvalue weighted by molar-refractivity contribution is 5.96. The molecule has 162 valence electrons. The van der Waals surface area contributed by atoms with E-state index in [0.717, 1.165) is 19.5 Å². The normalized spacial score (nSPS) is 18.9. The zero-order valence-corrected chi connectivity index (χ0v) is 18.4. The third kappa shape index (κ3) is 4.91. The number of ether oxygens (including phenoxy) is 1. The third-order valence-corrected chi connectivity index (χ3v) is 5.89. The maximum Gasteiger partial charge on any atom is 0.410 e. The lowest BCUT2D eigenvalue weighted by molar-refractivity contribution is 0.00308. The van der Waals surface area contributed by atoms with Gasteiger partial charge in [0.25, 0.3) is 5.91 Å². The van der Waals surface area contributed by atoms with Crippen LogP contribution in [-0.2, 0) is 4.74 Å². The second-order valence-electron chi connectivity index (χ2n) is 8.97. The highest BCUT2D eigenvalue weighted by Gasteiger charge is 2.47. The van der Waals surface area contributed by atoms with Crippen LogP contribution < -0.4 is 0 Å². The molecule has 2 saturated heterocycles. The zero-order valence-electron chi connectivity index (χ0n) is 18.4. The van der Waals surface area contributed by atoms with Gasteiger partial charge in [-0.3, -0.25) is 4.79 Å². The number of hydrogen-bond donors (Lipinski definition) is 0. The summed E-state index contributed by atoms with van der Waals surface area (Å²) < 4.78 is 10.9. The summed E-state index contributed by atoms with van der Waals surface area (Å²) >= 11 is 0. The molecule has 29 heavy (non-hydrogen) atoms. The Balaban J connectivity index is 1.49. The molecule has 0 radical (unpaired) electrons. The minimum atomic E-state index is -0.462. The molecule has 1 spiro atoms. The number of amides is 2. The summed E-state index contributed by atoms with van der Waals surface area (Å²) in [5.41, 5.74) is 0.710. The minimum absolute atomic E-state index is 0.0505. The predicted molar refractivity (Wildman–Crippen MR) is 109 cm³/mol. The molecule has 2 amide bonds. The number of carbonyl (C=O) groups is 2. The van der Waals surface area contributed by atoms with Gasteiger partial charge in [-0.25, -0.2) is 4.79 Å². The summed E-state index contributed by atoms with van der Waals surface area (Å²) in [6.45, 7) is 12.5. The maximum absolute atomic E-state index is 12.8. The van der Waals surface area contributed by atoms with Crippen LogP contribution in [0.1, 0.15) is 54.9 Å². The quantitative estimate of drug-likeness (QED) is 0.693. The van der Waals surface area contributed by atoms with Gasteiger partial charge < -0.3 is 24.0 Å². The van der Waals surface area contributed by atoms with Crippen LogP contribution in [0.25, 0.3) is 0 Å². The molecule has 0 unspecified atom stereocenters. The molecule has 1 aromatic heterocycles.